The van der Waals surface area contributed by atoms with E-state index in [9.17, 15) is 4.79 Å². The first-order chi connectivity index (χ1) is 10.1. The van der Waals surface area contributed by atoms with Gasteiger partial charge in [0, 0.05) is 25.0 Å². The predicted octanol–water partition coefficient (Wildman–Crippen LogP) is 3.45. The zero-order chi connectivity index (χ0) is 15.2. The topological polar surface area (TPSA) is 51.9 Å². The molecule has 0 fully saturated rings. The number of hydrogen-bond donors (Lipinski definition) is 2. The summed E-state index contributed by atoms with van der Waals surface area (Å²) in [4.78, 5) is 19.3. The molecule has 5 heteroatoms. The number of hydrogen-bond acceptors (Lipinski definition) is 3. The van der Waals surface area contributed by atoms with Crippen LogP contribution in [0.3, 0.4) is 0 Å². The van der Waals surface area contributed by atoms with E-state index in [1.165, 1.54) is 5.69 Å². The van der Waals surface area contributed by atoms with E-state index in [0.29, 0.717) is 10.3 Å². The molecule has 110 valence electrons. The summed E-state index contributed by atoms with van der Waals surface area (Å²) < 4.78 is 0.334. The zero-order valence-electron chi connectivity index (χ0n) is 12.2. The summed E-state index contributed by atoms with van der Waals surface area (Å²) in [5.74, 6) is 0. The van der Waals surface area contributed by atoms with E-state index in [1.807, 2.05) is 18.2 Å². The van der Waals surface area contributed by atoms with Crippen molar-refractivity contribution < 1.29 is 0 Å². The van der Waals surface area contributed by atoms with Gasteiger partial charge in [-0.3, -0.25) is 9.78 Å². The van der Waals surface area contributed by atoms with Gasteiger partial charge in [-0.1, -0.05) is 18.2 Å². The molecular weight excluding hydrogens is 282 g/mol. The van der Waals surface area contributed by atoms with Crippen molar-refractivity contribution in [3.8, 4) is 0 Å². The number of benzene rings is 1. The largest absolute Gasteiger partial charge is 0.372 e. The molecule has 0 saturated heterocycles. The molecule has 0 spiro atoms. The summed E-state index contributed by atoms with van der Waals surface area (Å²) >= 11 is 4.86. The number of H-pyrrole nitrogens is 2. The van der Waals surface area contributed by atoms with Gasteiger partial charge >= 0.3 is 0 Å². The Kier molecular flexibility index (Phi) is 5.11. The first-order valence-electron chi connectivity index (χ1n) is 6.99. The fourth-order valence-corrected chi connectivity index (χ4v) is 2.27. The van der Waals surface area contributed by atoms with Gasteiger partial charge in [0.2, 0.25) is 0 Å². The summed E-state index contributed by atoms with van der Waals surface area (Å²) in [6.07, 6.45) is 5.30. The second-order valence-corrected chi connectivity index (χ2v) is 5.03. The molecule has 0 unspecified atom stereocenters. The van der Waals surface area contributed by atoms with Crippen LogP contribution in [0.25, 0.3) is 12.2 Å². The zero-order valence-corrected chi connectivity index (χ0v) is 13.0. The molecule has 0 bridgehead atoms. The molecule has 0 atom stereocenters. The van der Waals surface area contributed by atoms with E-state index < -0.39 is 0 Å². The van der Waals surface area contributed by atoms with E-state index in [4.69, 9.17) is 12.2 Å². The average molecular weight is 301 g/mol. The van der Waals surface area contributed by atoms with Gasteiger partial charge in [0.05, 0.1) is 5.56 Å². The van der Waals surface area contributed by atoms with Crippen molar-refractivity contribution in [2.75, 3.05) is 18.0 Å². The Bertz CT molecular complexity index is 724. The van der Waals surface area contributed by atoms with Crippen LogP contribution in [0, 0.1) is 4.77 Å². The third kappa shape index (κ3) is 3.92. The van der Waals surface area contributed by atoms with Crippen molar-refractivity contribution in [2.45, 2.75) is 13.8 Å². The number of nitrogens with zero attached hydrogens (tertiary/aromatic N) is 1. The van der Waals surface area contributed by atoms with Crippen molar-refractivity contribution in [1.82, 2.24) is 9.97 Å². The molecule has 2 rings (SSSR count). The molecule has 4 nitrogen and oxygen atoms in total. The Morgan fingerprint density at radius 2 is 1.81 bits per heavy atom. The highest BCUT2D eigenvalue weighted by atomic mass is 32.1. The van der Waals surface area contributed by atoms with Crippen molar-refractivity contribution in [2.24, 2.45) is 0 Å². The Labute approximate surface area is 129 Å². The molecule has 0 radical (unpaired) electrons. The second-order valence-electron chi connectivity index (χ2n) is 4.62. The van der Waals surface area contributed by atoms with Gasteiger partial charge in [0.1, 0.15) is 0 Å². The maximum Gasteiger partial charge on any atom is 0.258 e. The van der Waals surface area contributed by atoms with Gasteiger partial charge in [-0.15, -0.1) is 0 Å². The van der Waals surface area contributed by atoms with Gasteiger partial charge in [-0.25, -0.2) is 0 Å². The number of anilines is 1. The SMILES string of the molecule is CCN(CC)c1ccc(/C=C/c2c[nH]c(=S)[nH]c2=O)cc1. The average Bonchev–Trinajstić information content (AvgIpc) is 2.49. The lowest BCUT2D eigenvalue weighted by Crippen LogP contribution is -2.21. The molecule has 1 aromatic heterocycles. The lowest BCUT2D eigenvalue weighted by Gasteiger charge is -2.20. The number of aromatic nitrogens is 2. The quantitative estimate of drug-likeness (QED) is 0.832. The van der Waals surface area contributed by atoms with E-state index in [2.05, 4.69) is 40.8 Å². The molecule has 0 saturated carbocycles. The molecule has 0 aliphatic carbocycles. The maximum atomic E-state index is 11.7. The van der Waals surface area contributed by atoms with Crippen LogP contribution in [0.15, 0.2) is 35.3 Å². The van der Waals surface area contributed by atoms with E-state index in [0.717, 1.165) is 18.7 Å². The molecule has 0 aliphatic rings. The Morgan fingerprint density at radius 1 is 1.14 bits per heavy atom. The van der Waals surface area contributed by atoms with E-state index >= 15 is 0 Å². The van der Waals surface area contributed by atoms with Crippen LogP contribution in [0.5, 0.6) is 0 Å². The lowest BCUT2D eigenvalue weighted by molar-refractivity contribution is 0.866. The molecule has 2 aromatic rings. The minimum atomic E-state index is -0.185. The van der Waals surface area contributed by atoms with Gasteiger partial charge in [0.15, 0.2) is 4.77 Å². The smallest absolute Gasteiger partial charge is 0.258 e. The third-order valence-corrected chi connectivity index (χ3v) is 3.54. The number of nitrogens with one attached hydrogen (secondary N) is 2. The fourth-order valence-electron chi connectivity index (χ4n) is 2.12. The van der Waals surface area contributed by atoms with E-state index in [1.54, 1.807) is 12.3 Å². The maximum absolute atomic E-state index is 11.7. The van der Waals surface area contributed by atoms with Crippen LogP contribution >= 0.6 is 12.2 Å². The molecule has 1 heterocycles. The summed E-state index contributed by atoms with van der Waals surface area (Å²) in [5, 5.41) is 0. The molecule has 1 aromatic carbocycles. The van der Waals surface area contributed by atoms with Crippen LogP contribution in [0.4, 0.5) is 5.69 Å². The van der Waals surface area contributed by atoms with Crippen molar-refractivity contribution in [1.29, 1.82) is 0 Å². The number of aromatic amines is 2. The summed E-state index contributed by atoms with van der Waals surface area (Å²) in [5.41, 5.74) is 2.62. The highest BCUT2D eigenvalue weighted by molar-refractivity contribution is 7.71. The van der Waals surface area contributed by atoms with Gasteiger partial charge < -0.3 is 9.88 Å². The Morgan fingerprint density at radius 3 is 2.38 bits per heavy atom. The van der Waals surface area contributed by atoms with E-state index in [-0.39, 0.29) is 5.56 Å². The standard InChI is InChI=1S/C16H19N3OS/c1-3-19(4-2)14-9-6-12(7-10-14)5-8-13-11-17-16(21)18-15(13)20/h5-11H,3-4H2,1-2H3,(H2,17,18,20,21)/b8-5+. The lowest BCUT2D eigenvalue weighted by atomic mass is 10.1. The predicted molar refractivity (Wildman–Crippen MR) is 91.2 cm³/mol. The summed E-state index contributed by atoms with van der Waals surface area (Å²) in [6, 6.07) is 8.28. The first-order valence-corrected chi connectivity index (χ1v) is 7.40. The van der Waals surface area contributed by atoms with Crippen molar-refractivity contribution >= 4 is 30.1 Å². The first kappa shape index (κ1) is 15.3. The third-order valence-electron chi connectivity index (χ3n) is 3.33. The summed E-state index contributed by atoms with van der Waals surface area (Å²) in [7, 11) is 0. The minimum absolute atomic E-state index is 0.185. The fraction of sp³-hybridized carbons (Fsp3) is 0.250. The molecule has 0 aliphatic heterocycles. The van der Waals surface area contributed by atoms with Gasteiger partial charge in [-0.05, 0) is 49.8 Å². The monoisotopic (exact) mass is 301 g/mol. The second kappa shape index (κ2) is 7.04. The van der Waals surface area contributed by atoms with Crippen LogP contribution in [-0.4, -0.2) is 23.1 Å². The highest BCUT2D eigenvalue weighted by Crippen LogP contribution is 2.16. The van der Waals surface area contributed by atoms with Crippen molar-refractivity contribution in [3.05, 3.63) is 56.7 Å². The van der Waals surface area contributed by atoms with Crippen molar-refractivity contribution in [3.63, 3.8) is 0 Å². The summed E-state index contributed by atoms with van der Waals surface area (Å²) in [6.45, 7) is 6.26. The van der Waals surface area contributed by atoms with Gasteiger partial charge in [-0.2, -0.15) is 0 Å². The minimum Gasteiger partial charge on any atom is -0.372 e. The van der Waals surface area contributed by atoms with Crippen LogP contribution in [-0.2, 0) is 0 Å². The molecular formula is C16H19N3OS. The van der Waals surface area contributed by atoms with Crippen LogP contribution in [0.1, 0.15) is 25.0 Å². The molecule has 21 heavy (non-hydrogen) atoms. The highest BCUT2D eigenvalue weighted by Gasteiger charge is 2.00. The van der Waals surface area contributed by atoms with Gasteiger partial charge in [0.25, 0.3) is 5.56 Å². The Balaban J connectivity index is 2.18. The normalized spacial score (nSPS) is 11.0. The molecule has 2 N–H and O–H groups in total. The Hall–Kier alpha value is -2.14. The molecule has 0 amide bonds. The number of rotatable bonds is 5. The van der Waals surface area contributed by atoms with Crippen LogP contribution < -0.4 is 10.5 Å². The van der Waals surface area contributed by atoms with Crippen LogP contribution in [0.2, 0.25) is 0 Å².